The lowest BCUT2D eigenvalue weighted by Gasteiger charge is -2.24. The van der Waals surface area contributed by atoms with E-state index >= 15 is 0 Å². The zero-order valence-electron chi connectivity index (χ0n) is 28.3. The van der Waals surface area contributed by atoms with Crippen LogP contribution in [0.2, 0.25) is 0 Å². The second kappa shape index (κ2) is 17.6. The Morgan fingerprint density at radius 1 is 0.533 bits per heavy atom. The number of hydrogen-bond donors (Lipinski definition) is 2. The average molecular weight is 623 g/mol. The summed E-state index contributed by atoms with van der Waals surface area (Å²) in [5, 5.41) is 17.1. The minimum atomic E-state index is -0.166. The summed E-state index contributed by atoms with van der Waals surface area (Å²) in [6.45, 7) is 12.0. The molecular formula is C33H50N8O4. The van der Waals surface area contributed by atoms with Crippen molar-refractivity contribution in [3.8, 4) is 0 Å². The van der Waals surface area contributed by atoms with Crippen LogP contribution in [-0.4, -0.2) is 58.2 Å². The fraction of sp³-hybridized carbons (Fsp3) is 0.515. The SMILES string of the molecule is CCC(Nn1c([C@H](C)OC)nnc1[C@H](C)OC)c1ccccc1.CO[C@@H](C)c1nnc([C@H](C)OC)n1NC(C)c1ccccc1. The van der Waals surface area contributed by atoms with E-state index in [9.17, 15) is 0 Å². The predicted molar refractivity (Wildman–Crippen MR) is 175 cm³/mol. The number of methoxy groups -OCH3 is 4. The Hall–Kier alpha value is -3.84. The highest BCUT2D eigenvalue weighted by atomic mass is 16.5. The van der Waals surface area contributed by atoms with Gasteiger partial charge in [-0.2, -0.15) is 0 Å². The Kier molecular flexibility index (Phi) is 13.9. The van der Waals surface area contributed by atoms with Gasteiger partial charge in [0.05, 0.1) is 12.1 Å². The second-order valence-electron chi connectivity index (χ2n) is 10.8. The number of benzene rings is 2. The molecule has 4 aromatic rings. The van der Waals surface area contributed by atoms with Crippen LogP contribution < -0.4 is 10.9 Å². The number of rotatable bonds is 15. The van der Waals surface area contributed by atoms with Crippen molar-refractivity contribution in [2.75, 3.05) is 39.3 Å². The van der Waals surface area contributed by atoms with Crippen LogP contribution in [0, 0.1) is 0 Å². The number of nitrogens with zero attached hydrogens (tertiary/aromatic N) is 6. The van der Waals surface area contributed by atoms with E-state index in [1.807, 2.05) is 73.4 Å². The van der Waals surface area contributed by atoms with Crippen molar-refractivity contribution in [3.63, 3.8) is 0 Å². The third-order valence-corrected chi connectivity index (χ3v) is 7.81. The molecule has 0 bridgehead atoms. The average Bonchev–Trinajstić information content (AvgIpc) is 3.71. The van der Waals surface area contributed by atoms with Crippen molar-refractivity contribution in [1.82, 2.24) is 29.7 Å². The molecule has 0 amide bonds. The summed E-state index contributed by atoms with van der Waals surface area (Å²) in [5.41, 5.74) is 9.36. The smallest absolute Gasteiger partial charge is 0.180 e. The second-order valence-corrected chi connectivity index (χ2v) is 10.8. The van der Waals surface area contributed by atoms with Crippen molar-refractivity contribution < 1.29 is 18.9 Å². The highest BCUT2D eigenvalue weighted by Crippen LogP contribution is 2.24. The molecule has 12 heteroatoms. The van der Waals surface area contributed by atoms with Crippen molar-refractivity contribution in [1.29, 1.82) is 0 Å². The maximum absolute atomic E-state index is 5.42. The first kappa shape index (κ1) is 35.6. The molecule has 0 spiro atoms. The van der Waals surface area contributed by atoms with Gasteiger partial charge in [0.1, 0.15) is 24.4 Å². The lowest BCUT2D eigenvalue weighted by Crippen LogP contribution is -2.26. The van der Waals surface area contributed by atoms with Crippen LogP contribution in [0.3, 0.4) is 0 Å². The van der Waals surface area contributed by atoms with Gasteiger partial charge >= 0.3 is 0 Å². The topological polar surface area (TPSA) is 122 Å². The van der Waals surface area contributed by atoms with Crippen molar-refractivity contribution in [2.45, 2.75) is 84.5 Å². The third-order valence-electron chi connectivity index (χ3n) is 7.81. The molecule has 0 aliphatic carbocycles. The molecule has 4 rings (SSSR count). The van der Waals surface area contributed by atoms with Crippen molar-refractivity contribution >= 4 is 0 Å². The number of nitrogens with one attached hydrogen (secondary N) is 2. The Morgan fingerprint density at radius 2 is 0.867 bits per heavy atom. The molecule has 2 heterocycles. The van der Waals surface area contributed by atoms with Gasteiger partial charge in [-0.3, -0.25) is 0 Å². The summed E-state index contributed by atoms with van der Waals surface area (Å²) in [4.78, 5) is 0. The Labute approximate surface area is 267 Å². The summed E-state index contributed by atoms with van der Waals surface area (Å²) >= 11 is 0. The van der Waals surface area contributed by atoms with Crippen molar-refractivity contribution in [3.05, 3.63) is 95.1 Å². The first-order valence-electron chi connectivity index (χ1n) is 15.3. The Balaban J connectivity index is 0.000000246. The summed E-state index contributed by atoms with van der Waals surface area (Å²) in [5.74, 6) is 2.93. The quantitative estimate of drug-likeness (QED) is 0.154. The maximum Gasteiger partial charge on any atom is 0.180 e. The standard InChI is InChI=1S/C17H26N4O2.C16H24N4O2/c1-6-15(14-10-8-7-9-11-14)20-21-16(12(2)22-4)18-19-17(21)13(3)23-5;1-11(14-9-7-6-8-10-14)19-20-15(12(2)21-4)17-18-16(20)13(3)22-5/h7-13,15,20H,6H2,1-5H3;6-13,19H,1-5H3/t12-,13-,15?;11?,12-,13-/m00/s1. The normalized spacial score (nSPS) is 15.2. The van der Waals surface area contributed by atoms with Crippen LogP contribution in [0.4, 0.5) is 0 Å². The van der Waals surface area contributed by atoms with Gasteiger partial charge in [-0.25, -0.2) is 9.35 Å². The lowest BCUT2D eigenvalue weighted by molar-refractivity contribution is 0.101. The zero-order chi connectivity index (χ0) is 32.9. The van der Waals surface area contributed by atoms with Crippen LogP contribution in [0.1, 0.15) is 119 Å². The highest BCUT2D eigenvalue weighted by Gasteiger charge is 2.24. The predicted octanol–water partition coefficient (Wildman–Crippen LogP) is 6.39. The van der Waals surface area contributed by atoms with Gasteiger partial charge in [0.2, 0.25) is 0 Å². The van der Waals surface area contributed by atoms with E-state index in [0.29, 0.717) is 0 Å². The summed E-state index contributed by atoms with van der Waals surface area (Å²) < 4.78 is 25.4. The maximum atomic E-state index is 5.42. The van der Waals surface area contributed by atoms with Crippen LogP contribution >= 0.6 is 0 Å². The molecule has 246 valence electrons. The van der Waals surface area contributed by atoms with Crippen molar-refractivity contribution in [2.24, 2.45) is 0 Å². The molecule has 0 radical (unpaired) electrons. The molecule has 2 N–H and O–H groups in total. The van der Waals surface area contributed by atoms with Gasteiger partial charge in [0.15, 0.2) is 23.3 Å². The summed E-state index contributed by atoms with van der Waals surface area (Å²) in [6.07, 6.45) is 0.271. The molecule has 0 aliphatic heterocycles. The number of ether oxygens (including phenoxy) is 4. The molecule has 2 aromatic heterocycles. The van der Waals surface area contributed by atoms with E-state index in [-0.39, 0.29) is 36.5 Å². The Bertz CT molecular complexity index is 1340. The number of hydrogen-bond acceptors (Lipinski definition) is 10. The van der Waals surface area contributed by atoms with Crippen LogP contribution in [-0.2, 0) is 18.9 Å². The minimum absolute atomic E-state index is 0.0998. The lowest BCUT2D eigenvalue weighted by atomic mass is 10.1. The van der Waals surface area contributed by atoms with Gasteiger partial charge in [-0.05, 0) is 52.2 Å². The minimum Gasteiger partial charge on any atom is -0.374 e. The van der Waals surface area contributed by atoms with Gasteiger partial charge in [0, 0.05) is 28.4 Å². The third kappa shape index (κ3) is 9.10. The fourth-order valence-electron chi connectivity index (χ4n) is 4.61. The number of aromatic nitrogens is 6. The van der Waals surface area contributed by atoms with Gasteiger partial charge in [-0.15, -0.1) is 20.4 Å². The molecule has 0 saturated carbocycles. The molecule has 0 fully saturated rings. The first-order valence-corrected chi connectivity index (χ1v) is 15.3. The fourth-order valence-corrected chi connectivity index (χ4v) is 4.61. The van der Waals surface area contributed by atoms with Crippen LogP contribution in [0.25, 0.3) is 0 Å². The van der Waals surface area contributed by atoms with Gasteiger partial charge in [-0.1, -0.05) is 67.6 Å². The monoisotopic (exact) mass is 622 g/mol. The zero-order valence-corrected chi connectivity index (χ0v) is 28.3. The van der Waals surface area contributed by atoms with E-state index < -0.39 is 0 Å². The highest BCUT2D eigenvalue weighted by molar-refractivity contribution is 5.23. The van der Waals surface area contributed by atoms with Crippen LogP contribution in [0.5, 0.6) is 0 Å². The molecule has 0 aliphatic rings. The van der Waals surface area contributed by atoms with Gasteiger partial charge < -0.3 is 29.8 Å². The van der Waals surface area contributed by atoms with E-state index in [2.05, 4.69) is 69.4 Å². The molecule has 2 unspecified atom stereocenters. The molecule has 12 nitrogen and oxygen atoms in total. The summed E-state index contributed by atoms with van der Waals surface area (Å²) in [6, 6.07) is 20.8. The molecule has 45 heavy (non-hydrogen) atoms. The van der Waals surface area contributed by atoms with Crippen LogP contribution in [0.15, 0.2) is 60.7 Å². The largest absolute Gasteiger partial charge is 0.374 e. The first-order chi connectivity index (χ1) is 21.7. The molecule has 0 saturated heterocycles. The molecule has 6 atom stereocenters. The Morgan fingerprint density at radius 3 is 1.20 bits per heavy atom. The molecular weight excluding hydrogens is 572 g/mol. The summed E-state index contributed by atoms with van der Waals surface area (Å²) in [7, 11) is 6.64. The van der Waals surface area contributed by atoms with E-state index in [1.165, 1.54) is 11.1 Å². The molecule has 2 aromatic carbocycles. The van der Waals surface area contributed by atoms with E-state index in [1.54, 1.807) is 28.4 Å². The van der Waals surface area contributed by atoms with E-state index in [4.69, 9.17) is 18.9 Å². The van der Waals surface area contributed by atoms with E-state index in [0.717, 1.165) is 29.7 Å². The van der Waals surface area contributed by atoms with Gasteiger partial charge in [0.25, 0.3) is 0 Å².